The molecule has 1 aliphatic carbocycles. The third kappa shape index (κ3) is 8.29. The number of nitrogens with zero attached hydrogens (tertiary/aromatic N) is 1. The highest BCUT2D eigenvalue weighted by molar-refractivity contribution is 7.89. The van der Waals surface area contributed by atoms with Gasteiger partial charge in [-0.1, -0.05) is 6.07 Å². The number of alkyl halides is 3. The summed E-state index contributed by atoms with van der Waals surface area (Å²) >= 11 is 0.753. The van der Waals surface area contributed by atoms with Gasteiger partial charge in [-0.05, 0) is 65.5 Å². The second-order valence-corrected chi connectivity index (χ2v) is 12.3. The number of nitrogens with two attached hydrogens (primary N) is 1. The molecule has 1 fully saturated rings. The minimum absolute atomic E-state index is 0.0199. The maximum Gasteiger partial charge on any atom is 0.434 e. The first-order valence-corrected chi connectivity index (χ1v) is 14.6. The zero-order valence-electron chi connectivity index (χ0n) is 21.8. The van der Waals surface area contributed by atoms with Crippen molar-refractivity contribution in [2.75, 3.05) is 5.32 Å². The van der Waals surface area contributed by atoms with Gasteiger partial charge >= 0.3 is 18.4 Å². The molecule has 0 radical (unpaired) electrons. The van der Waals surface area contributed by atoms with Crippen molar-refractivity contribution in [1.29, 1.82) is 0 Å². The van der Waals surface area contributed by atoms with E-state index in [0.29, 0.717) is 25.7 Å². The van der Waals surface area contributed by atoms with Crippen molar-refractivity contribution in [2.24, 2.45) is 5.14 Å². The van der Waals surface area contributed by atoms with Gasteiger partial charge in [-0.15, -0.1) is 11.3 Å². The summed E-state index contributed by atoms with van der Waals surface area (Å²) in [5, 5.41) is 10.7. The molecule has 2 aromatic rings. The van der Waals surface area contributed by atoms with Gasteiger partial charge < -0.3 is 14.8 Å². The molecule has 1 saturated carbocycles. The number of carbonyl (C=O) groups is 2. The van der Waals surface area contributed by atoms with Gasteiger partial charge in [-0.2, -0.15) is 13.2 Å². The van der Waals surface area contributed by atoms with Crippen LogP contribution in [0.2, 0.25) is 0 Å². The van der Waals surface area contributed by atoms with Gasteiger partial charge in [0.05, 0.1) is 27.0 Å². The second kappa shape index (κ2) is 12.1. The summed E-state index contributed by atoms with van der Waals surface area (Å²) in [5.74, 6) is -0.311. The van der Waals surface area contributed by atoms with E-state index in [2.05, 4.69) is 15.6 Å². The van der Waals surface area contributed by atoms with Crippen LogP contribution in [0, 0.1) is 0 Å². The molecule has 1 aliphatic rings. The summed E-state index contributed by atoms with van der Waals surface area (Å²) in [6.07, 6.45) is -5.03. The van der Waals surface area contributed by atoms with E-state index in [1.165, 1.54) is 6.07 Å². The van der Waals surface area contributed by atoms with E-state index < -0.39 is 50.0 Å². The van der Waals surface area contributed by atoms with E-state index in [-0.39, 0.29) is 34.3 Å². The Hall–Kier alpha value is -2.91. The molecule has 0 spiro atoms. The van der Waals surface area contributed by atoms with Crippen LogP contribution in [-0.4, -0.2) is 43.8 Å². The van der Waals surface area contributed by atoms with Crippen molar-refractivity contribution < 1.29 is 40.7 Å². The van der Waals surface area contributed by atoms with Crippen LogP contribution in [0.25, 0.3) is 10.4 Å². The lowest BCUT2D eigenvalue weighted by Gasteiger charge is -2.28. The molecule has 3 rings (SSSR count). The number of thiazole rings is 1. The fourth-order valence-corrected chi connectivity index (χ4v) is 6.30. The molecule has 2 amide bonds. The third-order valence-electron chi connectivity index (χ3n) is 5.78. The normalized spacial score (nSPS) is 18.2. The molecule has 216 valence electrons. The number of primary sulfonamides is 1. The van der Waals surface area contributed by atoms with Crippen LogP contribution in [0.5, 0.6) is 0 Å². The van der Waals surface area contributed by atoms with Crippen molar-refractivity contribution in [2.45, 2.75) is 88.6 Å². The lowest BCUT2D eigenvalue weighted by Crippen LogP contribution is -2.38. The molecule has 0 aliphatic heterocycles. The van der Waals surface area contributed by atoms with Gasteiger partial charge in [0.2, 0.25) is 10.0 Å². The van der Waals surface area contributed by atoms with Gasteiger partial charge in [-0.3, -0.25) is 5.32 Å². The van der Waals surface area contributed by atoms with Crippen LogP contribution in [-0.2, 0) is 25.7 Å². The Bertz CT molecular complexity index is 1300. The van der Waals surface area contributed by atoms with E-state index in [1.54, 1.807) is 27.7 Å². The minimum Gasteiger partial charge on any atom is -0.447 e. The van der Waals surface area contributed by atoms with Crippen LogP contribution in [0.1, 0.15) is 70.0 Å². The molecule has 1 aromatic heterocycles. The van der Waals surface area contributed by atoms with Crippen molar-refractivity contribution in [3.05, 3.63) is 28.9 Å². The lowest BCUT2D eigenvalue weighted by molar-refractivity contribution is -0.140. The average molecular weight is 593 g/mol. The summed E-state index contributed by atoms with van der Waals surface area (Å²) < 4.78 is 77.0. The predicted molar refractivity (Wildman–Crippen MR) is 139 cm³/mol. The molecule has 0 atom stereocenters. The Kier molecular flexibility index (Phi) is 9.49. The SMILES string of the molecule is CC(C)OC(=O)Nc1ccc(-c2sc(C3CCC(NC(=O)OC(C)C)CC3)nc2C(F)(F)F)c(S(N)(=O)=O)c1. The third-order valence-corrected chi connectivity index (χ3v) is 7.98. The number of alkyl carbamates (subject to hydrolysis) is 1. The first-order valence-electron chi connectivity index (χ1n) is 12.2. The van der Waals surface area contributed by atoms with E-state index in [0.717, 1.165) is 23.5 Å². The number of anilines is 1. The summed E-state index contributed by atoms with van der Waals surface area (Å²) in [6, 6.07) is 3.22. The summed E-state index contributed by atoms with van der Waals surface area (Å²) in [5.41, 5.74) is -1.51. The van der Waals surface area contributed by atoms with Crippen molar-refractivity contribution in [1.82, 2.24) is 10.3 Å². The minimum atomic E-state index is -4.86. The Morgan fingerprint density at radius 2 is 1.64 bits per heavy atom. The molecule has 1 aromatic carbocycles. The molecule has 15 heteroatoms. The smallest absolute Gasteiger partial charge is 0.434 e. The number of ether oxygens (including phenoxy) is 2. The monoisotopic (exact) mass is 592 g/mol. The standard InChI is InChI=1S/C24H31F3N4O6S2/c1-12(2)36-22(32)29-15-7-5-14(6-8-15)21-31-20(24(25,26)27)19(38-21)17-10-9-16(11-18(17)39(28,34)35)30-23(33)37-13(3)4/h9-15H,5-8H2,1-4H3,(H,29,32)(H,30,33)(H2,28,34,35). The number of carbonyl (C=O) groups excluding carboxylic acids is 2. The first-order chi connectivity index (χ1) is 18.0. The maximum absolute atomic E-state index is 14.1. The number of aromatic nitrogens is 1. The van der Waals surface area contributed by atoms with Crippen LogP contribution in [0.3, 0.4) is 0 Å². The predicted octanol–water partition coefficient (Wildman–Crippen LogP) is 5.59. The molecule has 1 heterocycles. The first kappa shape index (κ1) is 30.6. The Balaban J connectivity index is 1.91. The molecule has 4 N–H and O–H groups in total. The van der Waals surface area contributed by atoms with Crippen LogP contribution in [0.15, 0.2) is 23.1 Å². The van der Waals surface area contributed by atoms with Gasteiger partial charge in [0.1, 0.15) is 0 Å². The number of nitrogens with one attached hydrogen (secondary N) is 2. The zero-order chi connectivity index (χ0) is 29.1. The maximum atomic E-state index is 14.1. The summed E-state index contributed by atoms with van der Waals surface area (Å²) in [7, 11) is -4.50. The average Bonchev–Trinajstić information content (AvgIpc) is 3.24. The number of hydrogen-bond acceptors (Lipinski definition) is 8. The quantitative estimate of drug-likeness (QED) is 0.379. The summed E-state index contributed by atoms with van der Waals surface area (Å²) in [6.45, 7) is 6.67. The topological polar surface area (TPSA) is 150 Å². The van der Waals surface area contributed by atoms with Crippen molar-refractivity contribution in [3.8, 4) is 10.4 Å². The number of halogens is 3. The van der Waals surface area contributed by atoms with Crippen LogP contribution in [0.4, 0.5) is 28.4 Å². The zero-order valence-corrected chi connectivity index (χ0v) is 23.4. The fourth-order valence-electron chi connectivity index (χ4n) is 4.17. The Morgan fingerprint density at radius 3 is 2.18 bits per heavy atom. The van der Waals surface area contributed by atoms with E-state index >= 15 is 0 Å². The van der Waals surface area contributed by atoms with E-state index in [1.807, 2.05) is 0 Å². The van der Waals surface area contributed by atoms with E-state index in [4.69, 9.17) is 14.6 Å². The van der Waals surface area contributed by atoms with Crippen LogP contribution < -0.4 is 15.8 Å². The number of sulfonamides is 1. The summed E-state index contributed by atoms with van der Waals surface area (Å²) in [4.78, 5) is 26.7. The highest BCUT2D eigenvalue weighted by Gasteiger charge is 2.40. The van der Waals surface area contributed by atoms with Crippen molar-refractivity contribution >= 4 is 39.2 Å². The number of hydrogen-bond donors (Lipinski definition) is 3. The van der Waals surface area contributed by atoms with Gasteiger partial charge in [0.25, 0.3) is 0 Å². The molecular formula is C24H31F3N4O6S2. The Labute approximate surface area is 228 Å². The number of amides is 2. The largest absolute Gasteiger partial charge is 0.447 e. The second-order valence-electron chi connectivity index (χ2n) is 9.71. The molecule has 10 nitrogen and oxygen atoms in total. The number of rotatable bonds is 7. The lowest BCUT2D eigenvalue weighted by atomic mass is 9.86. The Morgan fingerprint density at radius 1 is 1.05 bits per heavy atom. The van der Waals surface area contributed by atoms with Gasteiger partial charge in [0, 0.05) is 23.2 Å². The molecule has 0 bridgehead atoms. The molecule has 39 heavy (non-hydrogen) atoms. The molecule has 0 unspecified atom stereocenters. The van der Waals surface area contributed by atoms with Gasteiger partial charge in [0.15, 0.2) is 5.69 Å². The highest BCUT2D eigenvalue weighted by Crippen LogP contribution is 2.46. The van der Waals surface area contributed by atoms with Crippen molar-refractivity contribution in [3.63, 3.8) is 0 Å². The van der Waals surface area contributed by atoms with Gasteiger partial charge in [-0.25, -0.2) is 28.1 Å². The van der Waals surface area contributed by atoms with Crippen LogP contribution >= 0.6 is 11.3 Å². The highest BCUT2D eigenvalue weighted by atomic mass is 32.2. The van der Waals surface area contributed by atoms with E-state index in [9.17, 15) is 31.2 Å². The fraction of sp³-hybridized carbons (Fsp3) is 0.542. The molecular weight excluding hydrogens is 561 g/mol. The number of benzene rings is 1. The molecule has 0 saturated heterocycles.